The molecule has 0 saturated carbocycles. The summed E-state index contributed by atoms with van der Waals surface area (Å²) >= 11 is 0. The summed E-state index contributed by atoms with van der Waals surface area (Å²) in [5, 5.41) is 0. The topological polar surface area (TPSA) is 12.4 Å². The summed E-state index contributed by atoms with van der Waals surface area (Å²) in [5.41, 5.74) is 1.32. The Morgan fingerprint density at radius 2 is 2.18 bits per heavy atom. The maximum Gasteiger partial charge on any atom is 0.125 e. The SMILES string of the molecule is C=Cc1ccc(F)cc1N=C. The third-order valence-electron chi connectivity index (χ3n) is 1.38. The lowest BCUT2D eigenvalue weighted by atomic mass is 10.2. The van der Waals surface area contributed by atoms with Crippen LogP contribution in [0, 0.1) is 5.82 Å². The maximum atomic E-state index is 12.5. The monoisotopic (exact) mass is 149 g/mol. The van der Waals surface area contributed by atoms with Crippen molar-refractivity contribution >= 4 is 18.5 Å². The summed E-state index contributed by atoms with van der Waals surface area (Å²) < 4.78 is 12.5. The van der Waals surface area contributed by atoms with Crippen LogP contribution in [-0.2, 0) is 0 Å². The summed E-state index contributed by atoms with van der Waals surface area (Å²) in [6.45, 7) is 6.88. The highest BCUT2D eigenvalue weighted by molar-refractivity contribution is 5.64. The molecule has 0 atom stereocenters. The van der Waals surface area contributed by atoms with E-state index < -0.39 is 0 Å². The standard InChI is InChI=1S/C9H8FN/c1-3-7-4-5-8(10)6-9(7)11-2/h3-6H,1-2H2. The van der Waals surface area contributed by atoms with Crippen molar-refractivity contribution in [3.8, 4) is 0 Å². The van der Waals surface area contributed by atoms with Gasteiger partial charge in [0.15, 0.2) is 0 Å². The Labute approximate surface area is 64.9 Å². The van der Waals surface area contributed by atoms with Gasteiger partial charge in [-0.15, -0.1) is 0 Å². The molecule has 0 aliphatic rings. The average molecular weight is 149 g/mol. The highest BCUT2D eigenvalue weighted by atomic mass is 19.1. The molecule has 0 bridgehead atoms. The van der Waals surface area contributed by atoms with Gasteiger partial charge < -0.3 is 0 Å². The summed E-state index contributed by atoms with van der Waals surface area (Å²) in [6, 6.07) is 4.31. The lowest BCUT2D eigenvalue weighted by molar-refractivity contribution is 0.628. The maximum absolute atomic E-state index is 12.5. The van der Waals surface area contributed by atoms with E-state index in [4.69, 9.17) is 0 Å². The van der Waals surface area contributed by atoms with Crippen molar-refractivity contribution in [1.29, 1.82) is 0 Å². The van der Waals surface area contributed by atoms with Gasteiger partial charge in [-0.25, -0.2) is 4.39 Å². The van der Waals surface area contributed by atoms with E-state index in [2.05, 4.69) is 18.3 Å². The summed E-state index contributed by atoms with van der Waals surface area (Å²) in [6.07, 6.45) is 1.61. The van der Waals surface area contributed by atoms with E-state index in [1.165, 1.54) is 12.1 Å². The van der Waals surface area contributed by atoms with Crippen LogP contribution in [0.1, 0.15) is 5.56 Å². The van der Waals surface area contributed by atoms with Gasteiger partial charge in [-0.2, -0.15) is 0 Å². The summed E-state index contributed by atoms with van der Waals surface area (Å²) in [4.78, 5) is 3.64. The van der Waals surface area contributed by atoms with E-state index in [9.17, 15) is 4.39 Å². The molecule has 1 rings (SSSR count). The number of nitrogens with zero attached hydrogens (tertiary/aromatic N) is 1. The Morgan fingerprint density at radius 3 is 2.73 bits per heavy atom. The van der Waals surface area contributed by atoms with E-state index >= 15 is 0 Å². The normalized spacial score (nSPS) is 9.18. The van der Waals surface area contributed by atoms with Crippen LogP contribution in [0.15, 0.2) is 29.8 Å². The fraction of sp³-hybridized carbons (Fsp3) is 0. The predicted octanol–water partition coefficient (Wildman–Crippen LogP) is 2.80. The lowest BCUT2D eigenvalue weighted by Gasteiger charge is -1.97. The fourth-order valence-corrected chi connectivity index (χ4v) is 0.826. The number of rotatable bonds is 2. The van der Waals surface area contributed by atoms with Crippen molar-refractivity contribution in [2.24, 2.45) is 4.99 Å². The van der Waals surface area contributed by atoms with Crippen LogP contribution in [0.2, 0.25) is 0 Å². The van der Waals surface area contributed by atoms with Gasteiger partial charge in [0.2, 0.25) is 0 Å². The smallest absolute Gasteiger partial charge is 0.125 e. The van der Waals surface area contributed by atoms with Gasteiger partial charge in [-0.3, -0.25) is 4.99 Å². The van der Waals surface area contributed by atoms with Crippen LogP contribution in [0.4, 0.5) is 10.1 Å². The zero-order chi connectivity index (χ0) is 8.27. The quantitative estimate of drug-likeness (QED) is 0.573. The molecule has 0 aliphatic heterocycles. The minimum atomic E-state index is -0.307. The molecule has 0 N–H and O–H groups in total. The molecule has 0 saturated heterocycles. The Kier molecular flexibility index (Phi) is 2.16. The number of halogens is 1. The highest BCUT2D eigenvalue weighted by Gasteiger charge is 1.97. The molecule has 0 heterocycles. The van der Waals surface area contributed by atoms with E-state index in [1.807, 2.05) is 0 Å². The molecule has 0 amide bonds. The first kappa shape index (κ1) is 7.66. The molecular formula is C9H8FN. The lowest BCUT2D eigenvalue weighted by Crippen LogP contribution is -1.76. The molecule has 0 aliphatic carbocycles. The molecule has 2 heteroatoms. The molecule has 1 aromatic carbocycles. The molecule has 1 aromatic rings. The highest BCUT2D eigenvalue weighted by Crippen LogP contribution is 2.20. The molecule has 56 valence electrons. The van der Waals surface area contributed by atoms with Gasteiger partial charge >= 0.3 is 0 Å². The Balaban J connectivity index is 3.26. The third-order valence-corrected chi connectivity index (χ3v) is 1.38. The molecule has 1 nitrogen and oxygen atoms in total. The van der Waals surface area contributed by atoms with Crippen LogP contribution in [0.5, 0.6) is 0 Å². The van der Waals surface area contributed by atoms with Gasteiger partial charge in [0, 0.05) is 6.07 Å². The van der Waals surface area contributed by atoms with Gasteiger partial charge in [0.05, 0.1) is 5.69 Å². The van der Waals surface area contributed by atoms with Gasteiger partial charge in [-0.05, 0) is 24.4 Å². The molecule has 0 unspecified atom stereocenters. The van der Waals surface area contributed by atoms with Crippen molar-refractivity contribution < 1.29 is 4.39 Å². The van der Waals surface area contributed by atoms with Crippen LogP contribution in [0.25, 0.3) is 6.08 Å². The molecule has 0 radical (unpaired) electrons. The predicted molar refractivity (Wildman–Crippen MR) is 45.7 cm³/mol. The summed E-state index contributed by atoms with van der Waals surface area (Å²) in [5.74, 6) is -0.307. The van der Waals surface area contributed by atoms with Gasteiger partial charge in [-0.1, -0.05) is 12.7 Å². The van der Waals surface area contributed by atoms with Crippen molar-refractivity contribution in [2.45, 2.75) is 0 Å². The second-order valence-electron chi connectivity index (χ2n) is 2.07. The number of benzene rings is 1. The molecule has 0 spiro atoms. The zero-order valence-electron chi connectivity index (χ0n) is 6.05. The Morgan fingerprint density at radius 1 is 1.45 bits per heavy atom. The summed E-state index contributed by atoms with van der Waals surface area (Å²) in [7, 11) is 0. The second-order valence-corrected chi connectivity index (χ2v) is 2.07. The molecular weight excluding hydrogens is 141 g/mol. The van der Waals surface area contributed by atoms with Crippen molar-refractivity contribution in [3.05, 3.63) is 36.2 Å². The fourth-order valence-electron chi connectivity index (χ4n) is 0.826. The van der Waals surface area contributed by atoms with Crippen LogP contribution in [-0.4, -0.2) is 6.72 Å². The van der Waals surface area contributed by atoms with Gasteiger partial charge in [0.25, 0.3) is 0 Å². The van der Waals surface area contributed by atoms with E-state index in [1.54, 1.807) is 12.1 Å². The average Bonchev–Trinajstić information content (AvgIpc) is 2.04. The van der Waals surface area contributed by atoms with E-state index in [0.717, 1.165) is 5.56 Å². The van der Waals surface area contributed by atoms with Crippen molar-refractivity contribution in [1.82, 2.24) is 0 Å². The van der Waals surface area contributed by atoms with Crippen LogP contribution < -0.4 is 0 Å². The second kappa shape index (κ2) is 3.10. The number of aliphatic imine (C=N–C) groups is 1. The van der Waals surface area contributed by atoms with Crippen molar-refractivity contribution in [3.63, 3.8) is 0 Å². The minimum Gasteiger partial charge on any atom is -0.264 e. The third kappa shape index (κ3) is 1.52. The first-order chi connectivity index (χ1) is 5.27. The Bertz CT molecular complexity index is 292. The number of hydrogen-bond donors (Lipinski definition) is 0. The zero-order valence-corrected chi connectivity index (χ0v) is 6.05. The van der Waals surface area contributed by atoms with E-state index in [0.29, 0.717) is 5.69 Å². The van der Waals surface area contributed by atoms with E-state index in [-0.39, 0.29) is 5.82 Å². The number of hydrogen-bond acceptors (Lipinski definition) is 1. The minimum absolute atomic E-state index is 0.307. The molecule has 0 aromatic heterocycles. The molecule has 0 fully saturated rings. The molecule has 11 heavy (non-hydrogen) atoms. The van der Waals surface area contributed by atoms with Crippen LogP contribution in [0.3, 0.4) is 0 Å². The first-order valence-electron chi connectivity index (χ1n) is 3.16. The van der Waals surface area contributed by atoms with Crippen molar-refractivity contribution in [2.75, 3.05) is 0 Å². The van der Waals surface area contributed by atoms with Gasteiger partial charge in [0.1, 0.15) is 5.82 Å². The van der Waals surface area contributed by atoms with Crippen LogP contribution >= 0.6 is 0 Å². The first-order valence-corrected chi connectivity index (χ1v) is 3.16. The largest absolute Gasteiger partial charge is 0.264 e. The Hall–Kier alpha value is -1.44.